The molecule has 1 amide bonds. The van der Waals surface area contributed by atoms with Crippen LogP contribution in [0.15, 0.2) is 17.5 Å². The van der Waals surface area contributed by atoms with Crippen molar-refractivity contribution < 1.29 is 4.79 Å². The van der Waals surface area contributed by atoms with E-state index in [4.69, 9.17) is 0 Å². The Labute approximate surface area is 108 Å². The first-order chi connectivity index (χ1) is 8.74. The zero-order chi connectivity index (χ0) is 12.5. The third-order valence-corrected chi connectivity index (χ3v) is 3.82. The maximum absolute atomic E-state index is 11.9. The van der Waals surface area contributed by atoms with Crippen molar-refractivity contribution in [3.8, 4) is 10.7 Å². The summed E-state index contributed by atoms with van der Waals surface area (Å²) in [5.41, 5.74) is 0. The van der Waals surface area contributed by atoms with E-state index in [1.165, 1.54) is 4.80 Å². The van der Waals surface area contributed by atoms with E-state index in [1.807, 2.05) is 24.6 Å². The molecular weight excluding hydrogens is 250 g/mol. The van der Waals surface area contributed by atoms with E-state index in [-0.39, 0.29) is 12.5 Å². The van der Waals surface area contributed by atoms with Gasteiger partial charge in [-0.3, -0.25) is 4.79 Å². The minimum atomic E-state index is 0.0348. The molecule has 0 N–H and O–H groups in total. The number of rotatable bonds is 4. The molecule has 0 unspecified atom stereocenters. The van der Waals surface area contributed by atoms with Gasteiger partial charge in [-0.2, -0.15) is 4.80 Å². The van der Waals surface area contributed by atoms with Gasteiger partial charge in [-0.25, -0.2) is 0 Å². The van der Waals surface area contributed by atoms with Crippen LogP contribution in [0.25, 0.3) is 10.7 Å². The average molecular weight is 263 g/mol. The maximum Gasteiger partial charge on any atom is 0.246 e. The highest BCUT2D eigenvalue weighted by Crippen LogP contribution is 2.25. The number of hydrogen-bond acceptors (Lipinski definition) is 5. The highest BCUT2D eigenvalue weighted by Gasteiger charge is 2.29. The summed E-state index contributed by atoms with van der Waals surface area (Å²) in [5, 5.41) is 14.0. The molecule has 0 radical (unpaired) electrons. The third kappa shape index (κ3) is 2.26. The highest BCUT2D eigenvalue weighted by molar-refractivity contribution is 7.13. The Kier molecular flexibility index (Phi) is 2.83. The quantitative estimate of drug-likeness (QED) is 0.826. The van der Waals surface area contributed by atoms with Crippen LogP contribution in [0, 0.1) is 0 Å². The SMILES string of the molecule is CN(C(=O)Cn1nnc(-c2cccs2)n1)C1CC1. The number of amides is 1. The summed E-state index contributed by atoms with van der Waals surface area (Å²) in [7, 11) is 1.83. The van der Waals surface area contributed by atoms with Crippen LogP contribution in [-0.2, 0) is 11.3 Å². The minimum Gasteiger partial charge on any atom is -0.341 e. The number of likely N-dealkylation sites (N-methyl/N-ethyl adjacent to an activating group) is 1. The summed E-state index contributed by atoms with van der Waals surface area (Å²) in [4.78, 5) is 16.0. The third-order valence-electron chi connectivity index (χ3n) is 2.96. The van der Waals surface area contributed by atoms with Crippen LogP contribution < -0.4 is 0 Å². The van der Waals surface area contributed by atoms with Gasteiger partial charge in [0.2, 0.25) is 11.7 Å². The Morgan fingerprint density at radius 3 is 3.11 bits per heavy atom. The molecule has 0 spiro atoms. The monoisotopic (exact) mass is 263 g/mol. The second kappa shape index (κ2) is 4.49. The molecule has 2 aromatic rings. The van der Waals surface area contributed by atoms with Gasteiger partial charge in [0.05, 0.1) is 4.88 Å². The van der Waals surface area contributed by atoms with Crippen LogP contribution in [-0.4, -0.2) is 44.1 Å². The highest BCUT2D eigenvalue weighted by atomic mass is 32.1. The standard InChI is InChI=1S/C11H13N5OS/c1-15(8-4-5-8)10(17)7-16-13-11(12-14-16)9-3-2-6-18-9/h2-3,6,8H,4-5,7H2,1H3. The number of aromatic nitrogens is 4. The number of nitrogens with zero attached hydrogens (tertiary/aromatic N) is 5. The first-order valence-electron chi connectivity index (χ1n) is 5.81. The first-order valence-corrected chi connectivity index (χ1v) is 6.69. The van der Waals surface area contributed by atoms with Crippen LogP contribution >= 0.6 is 11.3 Å². The van der Waals surface area contributed by atoms with Crippen molar-refractivity contribution >= 4 is 17.2 Å². The lowest BCUT2D eigenvalue weighted by Gasteiger charge is -2.14. The van der Waals surface area contributed by atoms with Crippen LogP contribution in [0.3, 0.4) is 0 Å². The zero-order valence-electron chi connectivity index (χ0n) is 9.98. The lowest BCUT2D eigenvalue weighted by molar-refractivity contribution is -0.131. The number of thiophene rings is 1. The van der Waals surface area contributed by atoms with Crippen LogP contribution in [0.1, 0.15) is 12.8 Å². The van der Waals surface area contributed by atoms with Gasteiger partial charge in [0.25, 0.3) is 0 Å². The largest absolute Gasteiger partial charge is 0.341 e. The predicted octanol–water partition coefficient (Wildman–Crippen LogP) is 1.02. The smallest absolute Gasteiger partial charge is 0.246 e. The Bertz CT molecular complexity index is 546. The average Bonchev–Trinajstić information content (AvgIpc) is 2.89. The molecule has 2 aromatic heterocycles. The van der Waals surface area contributed by atoms with Crippen LogP contribution in [0.5, 0.6) is 0 Å². The molecule has 1 aliphatic carbocycles. The predicted molar refractivity (Wildman–Crippen MR) is 66.9 cm³/mol. The molecule has 1 fully saturated rings. The normalized spacial score (nSPS) is 14.7. The van der Waals surface area contributed by atoms with Gasteiger partial charge in [0.1, 0.15) is 6.54 Å². The topological polar surface area (TPSA) is 63.9 Å². The van der Waals surface area contributed by atoms with Gasteiger partial charge in [0, 0.05) is 13.1 Å². The molecule has 18 heavy (non-hydrogen) atoms. The second-order valence-corrected chi connectivity index (χ2v) is 5.30. The molecule has 94 valence electrons. The van der Waals surface area contributed by atoms with E-state index in [9.17, 15) is 4.79 Å². The molecule has 7 heteroatoms. The molecule has 1 saturated carbocycles. The summed E-state index contributed by atoms with van der Waals surface area (Å²) in [6, 6.07) is 4.29. The summed E-state index contributed by atoms with van der Waals surface area (Å²) >= 11 is 1.56. The Morgan fingerprint density at radius 1 is 1.61 bits per heavy atom. The second-order valence-electron chi connectivity index (χ2n) is 4.36. The Balaban J connectivity index is 1.68. The molecule has 0 aromatic carbocycles. The summed E-state index contributed by atoms with van der Waals surface area (Å²) < 4.78 is 0. The fraction of sp³-hybridized carbons (Fsp3) is 0.455. The van der Waals surface area contributed by atoms with Crippen LogP contribution in [0.2, 0.25) is 0 Å². The van der Waals surface area contributed by atoms with E-state index >= 15 is 0 Å². The Morgan fingerprint density at radius 2 is 2.44 bits per heavy atom. The van der Waals surface area contributed by atoms with Gasteiger partial charge in [-0.05, 0) is 29.5 Å². The summed E-state index contributed by atoms with van der Waals surface area (Å²) in [6.45, 7) is 0.158. The van der Waals surface area contributed by atoms with Crippen molar-refractivity contribution in [1.82, 2.24) is 25.1 Å². The zero-order valence-corrected chi connectivity index (χ0v) is 10.8. The molecule has 6 nitrogen and oxygen atoms in total. The fourth-order valence-electron chi connectivity index (χ4n) is 1.71. The molecule has 1 aliphatic rings. The minimum absolute atomic E-state index is 0.0348. The first kappa shape index (κ1) is 11.3. The molecule has 0 atom stereocenters. The molecular formula is C11H13N5OS. The number of carbonyl (C=O) groups is 1. The van der Waals surface area contributed by atoms with Crippen molar-refractivity contribution in [3.63, 3.8) is 0 Å². The van der Waals surface area contributed by atoms with E-state index in [2.05, 4.69) is 15.4 Å². The van der Waals surface area contributed by atoms with E-state index < -0.39 is 0 Å². The maximum atomic E-state index is 11.9. The molecule has 3 rings (SSSR count). The fourth-order valence-corrected chi connectivity index (χ4v) is 2.36. The van der Waals surface area contributed by atoms with Gasteiger partial charge in [-0.15, -0.1) is 21.5 Å². The van der Waals surface area contributed by atoms with Crippen molar-refractivity contribution in [3.05, 3.63) is 17.5 Å². The molecule has 0 bridgehead atoms. The summed E-state index contributed by atoms with van der Waals surface area (Å²) in [6.07, 6.45) is 2.21. The molecule has 0 saturated heterocycles. The van der Waals surface area contributed by atoms with E-state index in [1.54, 1.807) is 16.2 Å². The van der Waals surface area contributed by atoms with Crippen molar-refractivity contribution in [1.29, 1.82) is 0 Å². The molecule has 0 aliphatic heterocycles. The van der Waals surface area contributed by atoms with Gasteiger partial charge < -0.3 is 4.90 Å². The number of hydrogen-bond donors (Lipinski definition) is 0. The van der Waals surface area contributed by atoms with Crippen LogP contribution in [0.4, 0.5) is 0 Å². The number of carbonyl (C=O) groups excluding carboxylic acids is 1. The van der Waals surface area contributed by atoms with E-state index in [0.29, 0.717) is 11.9 Å². The van der Waals surface area contributed by atoms with Crippen molar-refractivity contribution in [2.75, 3.05) is 7.05 Å². The van der Waals surface area contributed by atoms with E-state index in [0.717, 1.165) is 17.7 Å². The van der Waals surface area contributed by atoms with Gasteiger partial charge in [-0.1, -0.05) is 6.07 Å². The van der Waals surface area contributed by atoms with Crippen molar-refractivity contribution in [2.24, 2.45) is 0 Å². The van der Waals surface area contributed by atoms with Gasteiger partial charge in [0.15, 0.2) is 0 Å². The number of tetrazole rings is 1. The Hall–Kier alpha value is -1.76. The lowest BCUT2D eigenvalue weighted by Crippen LogP contribution is -2.32. The molecule has 2 heterocycles. The van der Waals surface area contributed by atoms with Crippen molar-refractivity contribution in [2.45, 2.75) is 25.4 Å². The van der Waals surface area contributed by atoms with Gasteiger partial charge >= 0.3 is 0 Å². The summed E-state index contributed by atoms with van der Waals surface area (Å²) in [5.74, 6) is 0.611. The lowest BCUT2D eigenvalue weighted by atomic mass is 10.4.